The Kier molecular flexibility index (Phi) is 6.11. The first kappa shape index (κ1) is 15.9. The number of amides is 1. The number of para-hydroxylation sites is 1. The van der Waals surface area contributed by atoms with Crippen LogP contribution in [-0.4, -0.2) is 17.7 Å². The molecule has 5 heteroatoms. The minimum Gasteiger partial charge on any atom is -0.325 e. The highest BCUT2D eigenvalue weighted by atomic mass is 35.5. The van der Waals surface area contributed by atoms with E-state index in [2.05, 4.69) is 5.32 Å². The minimum absolute atomic E-state index is 0.155. The molecule has 0 fully saturated rings. The maximum Gasteiger partial charge on any atom is 0.241 e. The van der Waals surface area contributed by atoms with Crippen molar-refractivity contribution >= 4 is 35.0 Å². The number of nitrogens with two attached hydrogens (primary N) is 1. The van der Waals surface area contributed by atoms with Crippen LogP contribution >= 0.6 is 23.4 Å². The van der Waals surface area contributed by atoms with Crippen molar-refractivity contribution in [3.8, 4) is 0 Å². The molecule has 2 aromatic rings. The highest BCUT2D eigenvalue weighted by Crippen LogP contribution is 2.21. The Morgan fingerprint density at radius 1 is 1.14 bits per heavy atom. The largest absolute Gasteiger partial charge is 0.325 e. The van der Waals surface area contributed by atoms with Gasteiger partial charge in [-0.25, -0.2) is 0 Å². The summed E-state index contributed by atoms with van der Waals surface area (Å²) in [6, 6.07) is 16.4. The fourth-order valence-corrected chi connectivity index (χ4v) is 2.78. The molecule has 0 aliphatic heterocycles. The van der Waals surface area contributed by atoms with Gasteiger partial charge >= 0.3 is 0 Å². The SMILES string of the molecule is NC(CCSc1ccc(Cl)cc1)C(=O)Nc1ccccc1. The van der Waals surface area contributed by atoms with Crippen LogP contribution in [0.2, 0.25) is 5.02 Å². The fourth-order valence-electron chi connectivity index (χ4n) is 1.72. The van der Waals surface area contributed by atoms with Crippen LogP contribution in [0.4, 0.5) is 5.69 Å². The zero-order chi connectivity index (χ0) is 15.1. The van der Waals surface area contributed by atoms with E-state index in [1.165, 1.54) is 0 Å². The molecular weight excluding hydrogens is 304 g/mol. The molecule has 21 heavy (non-hydrogen) atoms. The van der Waals surface area contributed by atoms with Crippen molar-refractivity contribution in [3.05, 3.63) is 59.6 Å². The van der Waals surface area contributed by atoms with E-state index in [4.69, 9.17) is 17.3 Å². The number of carbonyl (C=O) groups excluding carboxylic acids is 1. The predicted molar refractivity (Wildman–Crippen MR) is 89.8 cm³/mol. The van der Waals surface area contributed by atoms with E-state index in [1.807, 2.05) is 54.6 Å². The van der Waals surface area contributed by atoms with Crippen LogP contribution in [-0.2, 0) is 4.79 Å². The first-order valence-electron chi connectivity index (χ1n) is 6.65. The van der Waals surface area contributed by atoms with Gasteiger partial charge in [0.2, 0.25) is 5.91 Å². The van der Waals surface area contributed by atoms with Gasteiger partial charge in [-0.05, 0) is 48.6 Å². The molecule has 0 saturated heterocycles. The van der Waals surface area contributed by atoms with Gasteiger partial charge in [0.05, 0.1) is 6.04 Å². The van der Waals surface area contributed by atoms with Crippen LogP contribution in [0.25, 0.3) is 0 Å². The van der Waals surface area contributed by atoms with Crippen molar-refractivity contribution in [1.29, 1.82) is 0 Å². The van der Waals surface area contributed by atoms with E-state index < -0.39 is 6.04 Å². The average molecular weight is 321 g/mol. The molecule has 3 nitrogen and oxygen atoms in total. The molecule has 110 valence electrons. The molecule has 2 aromatic carbocycles. The first-order valence-corrected chi connectivity index (χ1v) is 8.01. The maximum atomic E-state index is 11.9. The summed E-state index contributed by atoms with van der Waals surface area (Å²) in [5.74, 6) is 0.628. The van der Waals surface area contributed by atoms with Crippen LogP contribution in [0.3, 0.4) is 0 Å². The molecule has 0 spiro atoms. The maximum absolute atomic E-state index is 11.9. The Morgan fingerprint density at radius 2 is 1.81 bits per heavy atom. The zero-order valence-corrected chi connectivity index (χ0v) is 13.0. The number of rotatable bonds is 6. The van der Waals surface area contributed by atoms with E-state index in [-0.39, 0.29) is 5.91 Å². The Morgan fingerprint density at radius 3 is 2.48 bits per heavy atom. The summed E-state index contributed by atoms with van der Waals surface area (Å²) in [5.41, 5.74) is 6.67. The second-order valence-electron chi connectivity index (χ2n) is 4.55. The number of carbonyl (C=O) groups is 1. The van der Waals surface area contributed by atoms with Gasteiger partial charge in [0, 0.05) is 15.6 Å². The summed E-state index contributed by atoms with van der Waals surface area (Å²) >= 11 is 7.50. The lowest BCUT2D eigenvalue weighted by atomic mass is 10.2. The van der Waals surface area contributed by atoms with Crippen molar-refractivity contribution in [2.45, 2.75) is 17.4 Å². The Labute approximate surface area is 133 Å². The molecule has 0 bridgehead atoms. The summed E-state index contributed by atoms with van der Waals surface area (Å²) in [4.78, 5) is 13.1. The molecule has 1 amide bonds. The Hall–Kier alpha value is -1.49. The Bertz CT molecular complexity index is 575. The van der Waals surface area contributed by atoms with Crippen LogP contribution in [0.5, 0.6) is 0 Å². The fraction of sp³-hybridized carbons (Fsp3) is 0.188. The highest BCUT2D eigenvalue weighted by Gasteiger charge is 2.13. The molecular formula is C16H17ClN2OS. The summed E-state index contributed by atoms with van der Waals surface area (Å²) in [6.45, 7) is 0. The lowest BCUT2D eigenvalue weighted by Crippen LogP contribution is -2.36. The van der Waals surface area contributed by atoms with Gasteiger partial charge in [0.15, 0.2) is 0 Å². The third-order valence-corrected chi connectivity index (χ3v) is 4.19. The molecule has 0 aliphatic rings. The molecule has 2 rings (SSSR count). The molecule has 0 saturated carbocycles. The summed E-state index contributed by atoms with van der Waals surface area (Å²) in [6.07, 6.45) is 0.617. The molecule has 0 heterocycles. The number of thioether (sulfide) groups is 1. The van der Waals surface area contributed by atoms with E-state index >= 15 is 0 Å². The van der Waals surface area contributed by atoms with E-state index in [9.17, 15) is 4.79 Å². The van der Waals surface area contributed by atoms with Gasteiger partial charge in [0.25, 0.3) is 0 Å². The van der Waals surface area contributed by atoms with Gasteiger partial charge < -0.3 is 11.1 Å². The monoisotopic (exact) mass is 320 g/mol. The smallest absolute Gasteiger partial charge is 0.241 e. The van der Waals surface area contributed by atoms with Crippen molar-refractivity contribution < 1.29 is 4.79 Å². The van der Waals surface area contributed by atoms with Gasteiger partial charge in [-0.2, -0.15) is 0 Å². The van der Waals surface area contributed by atoms with Crippen LogP contribution in [0.1, 0.15) is 6.42 Å². The van der Waals surface area contributed by atoms with Crippen LogP contribution < -0.4 is 11.1 Å². The van der Waals surface area contributed by atoms with E-state index in [1.54, 1.807) is 11.8 Å². The average Bonchev–Trinajstić information content (AvgIpc) is 2.50. The summed E-state index contributed by atoms with van der Waals surface area (Å²) in [7, 11) is 0. The number of anilines is 1. The van der Waals surface area contributed by atoms with Gasteiger partial charge in [-0.15, -0.1) is 11.8 Å². The van der Waals surface area contributed by atoms with Gasteiger partial charge in [-0.1, -0.05) is 29.8 Å². The third kappa shape index (κ3) is 5.42. The third-order valence-electron chi connectivity index (χ3n) is 2.89. The lowest BCUT2D eigenvalue weighted by molar-refractivity contribution is -0.117. The molecule has 0 aromatic heterocycles. The predicted octanol–water partition coefficient (Wildman–Crippen LogP) is 3.79. The van der Waals surface area contributed by atoms with E-state index in [0.29, 0.717) is 6.42 Å². The second kappa shape index (κ2) is 8.08. The highest BCUT2D eigenvalue weighted by molar-refractivity contribution is 7.99. The molecule has 0 radical (unpaired) electrons. The number of nitrogens with one attached hydrogen (secondary N) is 1. The molecule has 0 aliphatic carbocycles. The van der Waals surface area contributed by atoms with Crippen molar-refractivity contribution in [2.75, 3.05) is 11.1 Å². The quantitative estimate of drug-likeness (QED) is 0.796. The van der Waals surface area contributed by atoms with Crippen LogP contribution in [0, 0.1) is 0 Å². The van der Waals surface area contributed by atoms with E-state index in [0.717, 1.165) is 21.4 Å². The lowest BCUT2D eigenvalue weighted by Gasteiger charge is -2.12. The van der Waals surface area contributed by atoms with Crippen molar-refractivity contribution in [2.24, 2.45) is 5.73 Å². The van der Waals surface area contributed by atoms with Gasteiger partial charge in [0.1, 0.15) is 0 Å². The number of hydrogen-bond acceptors (Lipinski definition) is 3. The number of halogens is 1. The summed E-state index contributed by atoms with van der Waals surface area (Å²) in [5, 5.41) is 3.53. The van der Waals surface area contributed by atoms with Crippen molar-refractivity contribution in [3.63, 3.8) is 0 Å². The zero-order valence-electron chi connectivity index (χ0n) is 11.5. The number of hydrogen-bond donors (Lipinski definition) is 2. The normalized spacial score (nSPS) is 11.9. The first-order chi connectivity index (χ1) is 10.1. The number of benzene rings is 2. The molecule has 1 unspecified atom stereocenters. The second-order valence-corrected chi connectivity index (χ2v) is 6.16. The van der Waals surface area contributed by atoms with Crippen molar-refractivity contribution in [1.82, 2.24) is 0 Å². The minimum atomic E-state index is -0.509. The summed E-state index contributed by atoms with van der Waals surface area (Å²) < 4.78 is 0. The Balaban J connectivity index is 1.75. The van der Waals surface area contributed by atoms with Gasteiger partial charge in [-0.3, -0.25) is 4.79 Å². The standard InChI is InChI=1S/C16H17ClN2OS/c17-12-6-8-14(9-7-12)21-11-10-15(18)16(20)19-13-4-2-1-3-5-13/h1-9,15H,10-11,18H2,(H,19,20). The van der Waals surface area contributed by atoms with Crippen LogP contribution in [0.15, 0.2) is 59.5 Å². The topological polar surface area (TPSA) is 55.1 Å². The molecule has 3 N–H and O–H groups in total. The molecule has 1 atom stereocenters.